The van der Waals surface area contributed by atoms with E-state index in [1.54, 1.807) is 18.2 Å². The van der Waals surface area contributed by atoms with Gasteiger partial charge < -0.3 is 5.11 Å². The van der Waals surface area contributed by atoms with Crippen molar-refractivity contribution in [3.63, 3.8) is 0 Å². The van der Waals surface area contributed by atoms with E-state index in [0.717, 1.165) is 12.0 Å². The summed E-state index contributed by atoms with van der Waals surface area (Å²) in [5.74, 6) is 0.619. The first kappa shape index (κ1) is 15.4. The summed E-state index contributed by atoms with van der Waals surface area (Å²) in [5, 5.41) is 11.5. The molecule has 0 aliphatic heterocycles. The number of rotatable bonds is 4. The lowest BCUT2D eigenvalue weighted by Crippen LogP contribution is -2.01. The Bertz CT molecular complexity index is 576. The summed E-state index contributed by atoms with van der Waals surface area (Å²) >= 11 is 12.1. The van der Waals surface area contributed by atoms with Gasteiger partial charge in [-0.1, -0.05) is 61.3 Å². The van der Waals surface area contributed by atoms with E-state index in [9.17, 15) is 5.11 Å². The minimum Gasteiger partial charge on any atom is -0.384 e. The minimum atomic E-state index is -0.755. The van der Waals surface area contributed by atoms with Gasteiger partial charge in [0.1, 0.15) is 6.10 Å². The number of aliphatic hydroxyl groups is 1. The third-order valence-electron chi connectivity index (χ3n) is 3.19. The van der Waals surface area contributed by atoms with Gasteiger partial charge in [-0.3, -0.25) is 0 Å². The van der Waals surface area contributed by atoms with E-state index in [1.807, 2.05) is 12.1 Å². The van der Waals surface area contributed by atoms with E-state index >= 15 is 0 Å². The molecule has 1 nitrogen and oxygen atoms in total. The van der Waals surface area contributed by atoms with E-state index in [4.69, 9.17) is 23.2 Å². The average molecular weight is 309 g/mol. The topological polar surface area (TPSA) is 20.2 Å². The number of halogens is 2. The SMILES string of the molecule is CC(C)Cc1ccc(C(O)c2cc(Cl)ccc2Cl)cc1. The molecule has 2 rings (SSSR count). The van der Waals surface area contributed by atoms with Crippen molar-refractivity contribution in [2.24, 2.45) is 5.92 Å². The Kier molecular flexibility index (Phi) is 5.09. The molecule has 2 aromatic rings. The molecule has 0 bridgehead atoms. The summed E-state index contributed by atoms with van der Waals surface area (Å²) < 4.78 is 0. The molecule has 0 fully saturated rings. The van der Waals surface area contributed by atoms with Crippen molar-refractivity contribution >= 4 is 23.2 Å². The quantitative estimate of drug-likeness (QED) is 0.815. The van der Waals surface area contributed by atoms with Crippen molar-refractivity contribution in [2.45, 2.75) is 26.4 Å². The Morgan fingerprint density at radius 1 is 1.00 bits per heavy atom. The van der Waals surface area contributed by atoms with E-state index in [2.05, 4.69) is 26.0 Å². The Balaban J connectivity index is 2.24. The molecule has 1 unspecified atom stereocenters. The van der Waals surface area contributed by atoms with Gasteiger partial charge in [-0.05, 0) is 41.7 Å². The van der Waals surface area contributed by atoms with Crippen LogP contribution in [0, 0.1) is 5.92 Å². The number of hydrogen-bond acceptors (Lipinski definition) is 1. The molecule has 0 heterocycles. The zero-order valence-corrected chi connectivity index (χ0v) is 13.1. The molecule has 3 heteroatoms. The first-order valence-corrected chi connectivity index (χ1v) is 7.45. The first-order valence-electron chi connectivity index (χ1n) is 6.69. The second-order valence-electron chi connectivity index (χ2n) is 5.41. The van der Waals surface area contributed by atoms with Gasteiger partial charge in [0.2, 0.25) is 0 Å². The molecule has 2 aromatic carbocycles. The second-order valence-corrected chi connectivity index (χ2v) is 6.25. The molecule has 0 aliphatic carbocycles. The molecule has 0 radical (unpaired) electrons. The smallest absolute Gasteiger partial charge is 0.106 e. The zero-order valence-electron chi connectivity index (χ0n) is 11.6. The van der Waals surface area contributed by atoms with Crippen LogP contribution < -0.4 is 0 Å². The van der Waals surface area contributed by atoms with Crippen LogP contribution in [0.4, 0.5) is 0 Å². The highest BCUT2D eigenvalue weighted by Gasteiger charge is 2.14. The maximum atomic E-state index is 10.4. The standard InChI is InChI=1S/C17H18Cl2O/c1-11(2)9-12-3-5-13(6-4-12)17(20)15-10-14(18)7-8-16(15)19/h3-8,10-11,17,20H,9H2,1-2H3. The molecule has 0 saturated carbocycles. The van der Waals surface area contributed by atoms with Crippen LogP contribution in [0.25, 0.3) is 0 Å². The van der Waals surface area contributed by atoms with Crippen molar-refractivity contribution in [1.29, 1.82) is 0 Å². The Morgan fingerprint density at radius 3 is 2.25 bits per heavy atom. The number of hydrogen-bond donors (Lipinski definition) is 1. The average Bonchev–Trinajstić information content (AvgIpc) is 2.41. The molecule has 0 saturated heterocycles. The van der Waals surface area contributed by atoms with Crippen LogP contribution in [0.15, 0.2) is 42.5 Å². The molecule has 1 atom stereocenters. The van der Waals surface area contributed by atoms with Gasteiger partial charge in [-0.15, -0.1) is 0 Å². The fourth-order valence-corrected chi connectivity index (χ4v) is 2.61. The first-order chi connectivity index (χ1) is 9.47. The minimum absolute atomic E-state index is 0.521. The molecule has 106 valence electrons. The van der Waals surface area contributed by atoms with Crippen molar-refractivity contribution in [3.05, 3.63) is 69.2 Å². The molecule has 0 amide bonds. The number of benzene rings is 2. The fraction of sp³-hybridized carbons (Fsp3) is 0.294. The number of aliphatic hydroxyl groups excluding tert-OH is 1. The maximum absolute atomic E-state index is 10.4. The predicted octanol–water partition coefficient (Wildman–Crippen LogP) is 5.27. The van der Waals surface area contributed by atoms with Gasteiger partial charge in [-0.2, -0.15) is 0 Å². The largest absolute Gasteiger partial charge is 0.384 e. The van der Waals surface area contributed by atoms with Crippen molar-refractivity contribution in [3.8, 4) is 0 Å². The van der Waals surface area contributed by atoms with Crippen LogP contribution in [0.3, 0.4) is 0 Å². The lowest BCUT2D eigenvalue weighted by molar-refractivity contribution is 0.220. The normalized spacial score (nSPS) is 12.7. The summed E-state index contributed by atoms with van der Waals surface area (Å²) in [4.78, 5) is 0. The van der Waals surface area contributed by atoms with Crippen molar-refractivity contribution in [1.82, 2.24) is 0 Å². The van der Waals surface area contributed by atoms with Crippen molar-refractivity contribution < 1.29 is 5.11 Å². The fourth-order valence-electron chi connectivity index (χ4n) is 2.21. The summed E-state index contributed by atoms with van der Waals surface area (Å²) in [6.45, 7) is 4.38. The Morgan fingerprint density at radius 2 is 1.65 bits per heavy atom. The second kappa shape index (κ2) is 6.62. The van der Waals surface area contributed by atoms with Gasteiger partial charge in [0.05, 0.1) is 0 Å². The van der Waals surface area contributed by atoms with Crippen LogP contribution in [-0.2, 0) is 6.42 Å². The highest BCUT2D eigenvalue weighted by Crippen LogP contribution is 2.30. The molecule has 1 N–H and O–H groups in total. The highest BCUT2D eigenvalue weighted by atomic mass is 35.5. The molecular formula is C17H18Cl2O. The summed E-state index contributed by atoms with van der Waals surface area (Å²) in [6, 6.07) is 13.1. The maximum Gasteiger partial charge on any atom is 0.106 e. The predicted molar refractivity (Wildman–Crippen MR) is 85.5 cm³/mol. The third kappa shape index (κ3) is 3.76. The molecule has 0 aromatic heterocycles. The van der Waals surface area contributed by atoms with E-state index in [0.29, 0.717) is 21.5 Å². The molecule has 0 aliphatic rings. The van der Waals surface area contributed by atoms with Gasteiger partial charge in [-0.25, -0.2) is 0 Å². The van der Waals surface area contributed by atoms with Crippen molar-refractivity contribution in [2.75, 3.05) is 0 Å². The molecular weight excluding hydrogens is 291 g/mol. The van der Waals surface area contributed by atoms with Crippen LogP contribution >= 0.6 is 23.2 Å². The van der Waals surface area contributed by atoms with Gasteiger partial charge in [0.15, 0.2) is 0 Å². The van der Waals surface area contributed by atoms with Crippen LogP contribution in [0.2, 0.25) is 10.0 Å². The van der Waals surface area contributed by atoms with Crippen LogP contribution in [-0.4, -0.2) is 5.11 Å². The zero-order chi connectivity index (χ0) is 14.7. The summed E-state index contributed by atoms with van der Waals surface area (Å²) in [6.07, 6.45) is 0.281. The Hall–Kier alpha value is -1.02. The Labute approximate surface area is 130 Å². The summed E-state index contributed by atoms with van der Waals surface area (Å²) in [7, 11) is 0. The monoisotopic (exact) mass is 308 g/mol. The van der Waals surface area contributed by atoms with Gasteiger partial charge in [0, 0.05) is 15.6 Å². The van der Waals surface area contributed by atoms with Gasteiger partial charge >= 0.3 is 0 Å². The molecule has 0 spiro atoms. The van der Waals surface area contributed by atoms with Crippen LogP contribution in [0.5, 0.6) is 0 Å². The van der Waals surface area contributed by atoms with E-state index in [1.165, 1.54) is 5.56 Å². The van der Waals surface area contributed by atoms with E-state index < -0.39 is 6.10 Å². The van der Waals surface area contributed by atoms with Crippen LogP contribution in [0.1, 0.15) is 36.6 Å². The molecule has 20 heavy (non-hydrogen) atoms. The van der Waals surface area contributed by atoms with Gasteiger partial charge in [0.25, 0.3) is 0 Å². The highest BCUT2D eigenvalue weighted by molar-refractivity contribution is 6.33. The summed E-state index contributed by atoms with van der Waals surface area (Å²) in [5.41, 5.74) is 2.73. The van der Waals surface area contributed by atoms with E-state index in [-0.39, 0.29) is 0 Å². The lowest BCUT2D eigenvalue weighted by Gasteiger charge is -2.14. The third-order valence-corrected chi connectivity index (χ3v) is 3.77. The lowest BCUT2D eigenvalue weighted by atomic mass is 9.97.